The van der Waals surface area contributed by atoms with Gasteiger partial charge in [0.1, 0.15) is 6.10 Å². The molecule has 0 radical (unpaired) electrons. The lowest BCUT2D eigenvalue weighted by molar-refractivity contribution is -0.136. The van der Waals surface area contributed by atoms with E-state index >= 15 is 0 Å². The zero-order valence-corrected chi connectivity index (χ0v) is 15.2. The number of amides is 1. The molecular weight excluding hydrogens is 310 g/mol. The molecule has 2 saturated heterocycles. The van der Waals surface area contributed by atoms with E-state index in [0.29, 0.717) is 32.2 Å². The number of hydrogen-bond acceptors (Lipinski definition) is 6. The van der Waals surface area contributed by atoms with Crippen LogP contribution in [0, 0.1) is 5.92 Å². The van der Waals surface area contributed by atoms with Crippen molar-refractivity contribution < 1.29 is 19.4 Å². The first-order valence-electron chi connectivity index (χ1n) is 8.99. The highest BCUT2D eigenvalue weighted by Crippen LogP contribution is 2.17. The van der Waals surface area contributed by atoms with Gasteiger partial charge in [-0.1, -0.05) is 0 Å². The fourth-order valence-electron chi connectivity index (χ4n) is 3.34. The summed E-state index contributed by atoms with van der Waals surface area (Å²) in [6.07, 6.45) is 0.483. The molecule has 0 bridgehead atoms. The fraction of sp³-hybridized carbons (Fsp3) is 0.941. The van der Waals surface area contributed by atoms with Gasteiger partial charge in [0, 0.05) is 58.2 Å². The van der Waals surface area contributed by atoms with Crippen LogP contribution in [0.5, 0.6) is 0 Å². The second-order valence-corrected chi connectivity index (χ2v) is 7.09. The van der Waals surface area contributed by atoms with Crippen LogP contribution in [0.3, 0.4) is 0 Å². The molecule has 2 N–H and O–H groups in total. The van der Waals surface area contributed by atoms with E-state index in [1.54, 1.807) is 7.11 Å². The number of methoxy groups -OCH3 is 1. The summed E-state index contributed by atoms with van der Waals surface area (Å²) in [6.45, 7) is 7.83. The van der Waals surface area contributed by atoms with Crippen LogP contribution >= 0.6 is 0 Å². The maximum absolute atomic E-state index is 12.1. The molecule has 4 atom stereocenters. The van der Waals surface area contributed by atoms with Crippen LogP contribution < -0.4 is 5.32 Å². The molecule has 0 spiro atoms. The summed E-state index contributed by atoms with van der Waals surface area (Å²) in [6, 6.07) is 0.422. The number of ether oxygens (including phenoxy) is 2. The summed E-state index contributed by atoms with van der Waals surface area (Å²) < 4.78 is 10.6. The smallest absolute Gasteiger partial charge is 0.220 e. The van der Waals surface area contributed by atoms with Gasteiger partial charge in [0.15, 0.2) is 0 Å². The Morgan fingerprint density at radius 2 is 2.04 bits per heavy atom. The maximum Gasteiger partial charge on any atom is 0.220 e. The van der Waals surface area contributed by atoms with E-state index in [4.69, 9.17) is 9.47 Å². The number of aliphatic hydroxyl groups is 1. The third-order valence-electron chi connectivity index (χ3n) is 5.29. The number of likely N-dealkylation sites (N-methyl/N-ethyl adjacent to an activating group) is 1. The van der Waals surface area contributed by atoms with Gasteiger partial charge in [-0.15, -0.1) is 0 Å². The van der Waals surface area contributed by atoms with Crippen molar-refractivity contribution in [3.63, 3.8) is 0 Å². The highest BCUT2D eigenvalue weighted by Gasteiger charge is 2.32. The van der Waals surface area contributed by atoms with Gasteiger partial charge in [-0.25, -0.2) is 0 Å². The van der Waals surface area contributed by atoms with Gasteiger partial charge in [0.05, 0.1) is 19.3 Å². The second-order valence-electron chi connectivity index (χ2n) is 7.09. The fourth-order valence-corrected chi connectivity index (χ4v) is 3.34. The second kappa shape index (κ2) is 9.68. The van der Waals surface area contributed by atoms with E-state index in [1.807, 2.05) is 0 Å². The van der Waals surface area contributed by atoms with Crippen LogP contribution in [-0.4, -0.2) is 99.2 Å². The Hall–Kier alpha value is -0.730. The van der Waals surface area contributed by atoms with Gasteiger partial charge in [0.2, 0.25) is 5.91 Å². The van der Waals surface area contributed by atoms with E-state index in [9.17, 15) is 9.90 Å². The molecular formula is C17H33N3O4. The Kier molecular flexibility index (Phi) is 7.90. The van der Waals surface area contributed by atoms with Gasteiger partial charge >= 0.3 is 0 Å². The van der Waals surface area contributed by atoms with Crippen LogP contribution in [0.15, 0.2) is 0 Å². The highest BCUT2D eigenvalue weighted by atomic mass is 16.5. The topological polar surface area (TPSA) is 74.3 Å². The molecule has 2 fully saturated rings. The summed E-state index contributed by atoms with van der Waals surface area (Å²) in [4.78, 5) is 16.9. The molecule has 7 nitrogen and oxygen atoms in total. The summed E-state index contributed by atoms with van der Waals surface area (Å²) in [7, 11) is 3.71. The van der Waals surface area contributed by atoms with Crippen molar-refractivity contribution in [3.8, 4) is 0 Å². The maximum atomic E-state index is 12.1. The lowest BCUT2D eigenvalue weighted by Crippen LogP contribution is -2.49. The Labute approximate surface area is 145 Å². The van der Waals surface area contributed by atoms with Crippen LogP contribution in [-0.2, 0) is 14.3 Å². The minimum absolute atomic E-state index is 0.0442. The van der Waals surface area contributed by atoms with Crippen LogP contribution in [0.1, 0.15) is 19.8 Å². The van der Waals surface area contributed by atoms with Gasteiger partial charge in [0.25, 0.3) is 0 Å². The molecule has 2 rings (SSSR count). The van der Waals surface area contributed by atoms with E-state index in [0.717, 1.165) is 32.6 Å². The molecule has 0 aliphatic carbocycles. The third-order valence-corrected chi connectivity index (χ3v) is 5.29. The normalized spacial score (nSPS) is 30.9. The summed E-state index contributed by atoms with van der Waals surface area (Å²) in [5.74, 6) is -0.0644. The molecule has 7 heteroatoms. The molecule has 0 aromatic heterocycles. The van der Waals surface area contributed by atoms with E-state index < -0.39 is 6.10 Å². The van der Waals surface area contributed by atoms with Crippen molar-refractivity contribution in [2.75, 3.05) is 60.1 Å². The molecule has 24 heavy (non-hydrogen) atoms. The van der Waals surface area contributed by atoms with Crippen molar-refractivity contribution in [1.82, 2.24) is 15.1 Å². The summed E-state index contributed by atoms with van der Waals surface area (Å²) in [5, 5.41) is 13.1. The van der Waals surface area contributed by atoms with Crippen molar-refractivity contribution in [3.05, 3.63) is 0 Å². The Morgan fingerprint density at radius 1 is 1.33 bits per heavy atom. The average Bonchev–Trinajstić information content (AvgIpc) is 2.59. The number of nitrogens with one attached hydrogen (secondary N) is 1. The number of nitrogens with zero attached hydrogens (tertiary/aromatic N) is 2. The minimum Gasteiger partial charge on any atom is -0.390 e. The van der Waals surface area contributed by atoms with Crippen molar-refractivity contribution in [1.29, 1.82) is 0 Å². The zero-order valence-electron chi connectivity index (χ0n) is 15.2. The lowest BCUT2D eigenvalue weighted by Gasteiger charge is -2.36. The van der Waals surface area contributed by atoms with E-state index in [-0.39, 0.29) is 17.9 Å². The molecule has 2 aliphatic heterocycles. The first-order chi connectivity index (χ1) is 11.5. The number of carbonyl (C=O) groups excluding carboxylic acids is 1. The Bertz CT molecular complexity index is 388. The predicted octanol–water partition coefficient (Wildman–Crippen LogP) is -0.459. The highest BCUT2D eigenvalue weighted by molar-refractivity contribution is 5.75. The first-order valence-corrected chi connectivity index (χ1v) is 8.99. The standard InChI is InChI=1S/C17H33N3O4/c1-13(20-8-6-19(2)7-9-20)4-5-16(21)18-10-14-11-24-12-15(23-3)17(14)22/h13-15,17,22H,4-12H2,1-3H3,(H,18,21)/t13?,14-,15-,17+/m1/s1. The minimum atomic E-state index is -0.590. The Morgan fingerprint density at radius 3 is 2.71 bits per heavy atom. The van der Waals surface area contributed by atoms with Crippen LogP contribution in [0.4, 0.5) is 0 Å². The first kappa shape index (κ1) is 19.6. The predicted molar refractivity (Wildman–Crippen MR) is 91.9 cm³/mol. The number of aliphatic hydroxyl groups excluding tert-OH is 1. The molecule has 1 unspecified atom stereocenters. The number of piperazine rings is 1. The molecule has 1 amide bonds. The quantitative estimate of drug-likeness (QED) is 0.652. The molecule has 2 aliphatic rings. The zero-order chi connectivity index (χ0) is 17.5. The van der Waals surface area contributed by atoms with Crippen molar-refractivity contribution in [2.24, 2.45) is 5.92 Å². The van der Waals surface area contributed by atoms with E-state index in [2.05, 4.69) is 29.1 Å². The van der Waals surface area contributed by atoms with Gasteiger partial charge in [-0.2, -0.15) is 0 Å². The van der Waals surface area contributed by atoms with Crippen LogP contribution in [0.2, 0.25) is 0 Å². The largest absolute Gasteiger partial charge is 0.390 e. The monoisotopic (exact) mass is 343 g/mol. The summed E-state index contributed by atoms with van der Waals surface area (Å²) in [5.41, 5.74) is 0. The third kappa shape index (κ3) is 5.67. The average molecular weight is 343 g/mol. The van der Waals surface area contributed by atoms with Gasteiger partial charge < -0.3 is 24.8 Å². The van der Waals surface area contributed by atoms with Gasteiger partial charge in [-0.3, -0.25) is 9.69 Å². The Balaban J connectivity index is 1.64. The summed E-state index contributed by atoms with van der Waals surface area (Å²) >= 11 is 0. The van der Waals surface area contributed by atoms with Gasteiger partial charge in [-0.05, 0) is 20.4 Å². The molecule has 0 aromatic carbocycles. The number of carbonyl (C=O) groups is 1. The molecule has 2 heterocycles. The van der Waals surface area contributed by atoms with Crippen LogP contribution in [0.25, 0.3) is 0 Å². The molecule has 0 aromatic rings. The van der Waals surface area contributed by atoms with E-state index in [1.165, 1.54) is 0 Å². The van der Waals surface area contributed by atoms with Crippen molar-refractivity contribution in [2.45, 2.75) is 38.0 Å². The lowest BCUT2D eigenvalue weighted by atomic mass is 9.96. The van der Waals surface area contributed by atoms with Crippen molar-refractivity contribution >= 4 is 5.91 Å². The molecule has 140 valence electrons. The number of rotatable bonds is 7. The number of hydrogen-bond donors (Lipinski definition) is 2. The SMILES string of the molecule is CO[C@@H]1COC[C@@H](CNC(=O)CCC(C)N2CCN(C)CC2)[C@@H]1O. The molecule has 0 saturated carbocycles.